The van der Waals surface area contributed by atoms with E-state index in [0.29, 0.717) is 4.57 Å². The molecule has 15 heteroatoms. The number of fused-ring (bicyclic) bond motifs is 1. The summed E-state index contributed by atoms with van der Waals surface area (Å²) < 4.78 is 52.8. The fourth-order valence-corrected chi connectivity index (χ4v) is 5.92. The van der Waals surface area contributed by atoms with Gasteiger partial charge in [0, 0.05) is 6.20 Å². The summed E-state index contributed by atoms with van der Waals surface area (Å²) in [6.07, 6.45) is -3.06. The Labute approximate surface area is 240 Å². The minimum atomic E-state index is -3.79. The molecule has 0 spiro atoms. The van der Waals surface area contributed by atoms with Gasteiger partial charge in [-0.15, -0.1) is 0 Å². The molecule has 0 aliphatic heterocycles. The van der Waals surface area contributed by atoms with E-state index in [-0.39, 0.29) is 11.6 Å². The molecule has 4 N–H and O–H groups in total. The Morgan fingerprint density at radius 2 is 1.88 bits per heavy atom. The maximum absolute atomic E-state index is 16.1. The fraction of sp³-hybridized carbons (Fsp3) is 0.423. The molecule has 0 saturated carbocycles. The number of ether oxygens (including phenoxy) is 2. The average molecular weight is 615 g/mol. The number of anilines is 1. The van der Waals surface area contributed by atoms with Crippen LogP contribution in [0, 0.1) is 0 Å². The van der Waals surface area contributed by atoms with Gasteiger partial charge in [0.2, 0.25) is 0 Å². The van der Waals surface area contributed by atoms with Gasteiger partial charge in [0.1, 0.15) is 37.0 Å². The van der Waals surface area contributed by atoms with Crippen molar-refractivity contribution in [3.8, 4) is 5.75 Å². The number of alkyl halides is 2. The zero-order valence-corrected chi connectivity index (χ0v) is 24.6. The molecule has 2 aromatic carbocycles. The fourth-order valence-electron chi connectivity index (χ4n) is 3.54. The number of carbonyl (C=O) groups is 1. The second-order valence-electron chi connectivity index (χ2n) is 9.44. The Morgan fingerprint density at radius 3 is 2.49 bits per heavy atom. The van der Waals surface area contributed by atoms with Crippen LogP contribution in [0.4, 0.5) is 14.6 Å². The Balaban J connectivity index is 1.89. The Bertz CT molecular complexity index is 1460. The SMILES string of the molecule is CC(C)OC(=O)[C@H](C)NP(=S)(OC[C@@](F)(O[C@H](CF)n1ccc(N)nc1=O)[C@H](C)O)Oc1ccc2ccccc2c1. The Morgan fingerprint density at radius 1 is 1.20 bits per heavy atom. The molecule has 1 aromatic heterocycles. The van der Waals surface area contributed by atoms with Crippen molar-refractivity contribution in [1.82, 2.24) is 14.6 Å². The summed E-state index contributed by atoms with van der Waals surface area (Å²) in [5, 5.41) is 14.8. The van der Waals surface area contributed by atoms with Crippen LogP contribution in [0.5, 0.6) is 5.75 Å². The van der Waals surface area contributed by atoms with E-state index in [1.807, 2.05) is 24.3 Å². The van der Waals surface area contributed by atoms with Crippen molar-refractivity contribution in [3.63, 3.8) is 0 Å². The molecule has 0 saturated heterocycles. The number of carbonyl (C=O) groups excluding carboxylic acids is 1. The van der Waals surface area contributed by atoms with Crippen LogP contribution in [0.25, 0.3) is 10.8 Å². The first-order valence-corrected chi connectivity index (χ1v) is 15.3. The van der Waals surface area contributed by atoms with Gasteiger partial charge in [0.05, 0.1) is 6.10 Å². The lowest BCUT2D eigenvalue weighted by Crippen LogP contribution is -2.47. The number of halogens is 2. The molecule has 0 aliphatic rings. The van der Waals surface area contributed by atoms with Crippen LogP contribution in [-0.4, -0.2) is 58.0 Å². The van der Waals surface area contributed by atoms with Gasteiger partial charge in [-0.05, 0) is 68.5 Å². The summed E-state index contributed by atoms with van der Waals surface area (Å²) in [7, 11) is 0. The topological polar surface area (TPSA) is 147 Å². The number of nitrogen functional groups attached to an aromatic ring is 1. The second kappa shape index (κ2) is 13.8. The van der Waals surface area contributed by atoms with Crippen molar-refractivity contribution >= 4 is 41.0 Å². The first-order chi connectivity index (χ1) is 19.2. The Hall–Kier alpha value is -3.00. The van der Waals surface area contributed by atoms with Crippen molar-refractivity contribution < 1.29 is 37.2 Å². The highest BCUT2D eigenvalue weighted by Gasteiger charge is 2.43. The zero-order chi connectivity index (χ0) is 30.4. The van der Waals surface area contributed by atoms with Gasteiger partial charge in [-0.2, -0.15) is 4.98 Å². The summed E-state index contributed by atoms with van der Waals surface area (Å²) in [5.41, 5.74) is 4.47. The summed E-state index contributed by atoms with van der Waals surface area (Å²) in [6.45, 7) is -0.362. The predicted octanol–water partition coefficient (Wildman–Crippen LogP) is 3.76. The normalized spacial score (nSPS) is 16.9. The van der Waals surface area contributed by atoms with E-state index in [9.17, 15) is 19.1 Å². The largest absolute Gasteiger partial charge is 0.462 e. The molecule has 3 rings (SSSR count). The third-order valence-electron chi connectivity index (χ3n) is 5.68. The highest BCUT2D eigenvalue weighted by atomic mass is 32.5. The quantitative estimate of drug-likeness (QED) is 0.180. The number of hydrogen-bond donors (Lipinski definition) is 3. The van der Waals surface area contributed by atoms with Gasteiger partial charge in [-0.3, -0.25) is 9.36 Å². The van der Waals surface area contributed by atoms with Crippen LogP contribution < -0.4 is 21.0 Å². The molecule has 224 valence electrons. The molecule has 1 unspecified atom stereocenters. The van der Waals surface area contributed by atoms with Crippen molar-refractivity contribution in [1.29, 1.82) is 0 Å². The molecule has 1 heterocycles. The number of aromatic nitrogens is 2. The second-order valence-corrected chi connectivity index (χ2v) is 12.6. The van der Waals surface area contributed by atoms with E-state index in [1.54, 1.807) is 32.0 Å². The molecule has 5 atom stereocenters. The molecule has 0 amide bonds. The van der Waals surface area contributed by atoms with Gasteiger partial charge in [-0.25, -0.2) is 18.7 Å². The third kappa shape index (κ3) is 8.74. The van der Waals surface area contributed by atoms with E-state index < -0.39 is 61.9 Å². The van der Waals surface area contributed by atoms with Crippen LogP contribution in [0.1, 0.15) is 33.9 Å². The molecule has 0 radical (unpaired) electrons. The maximum atomic E-state index is 16.1. The van der Waals surface area contributed by atoms with Gasteiger partial charge >= 0.3 is 18.3 Å². The van der Waals surface area contributed by atoms with E-state index in [1.165, 1.54) is 13.0 Å². The summed E-state index contributed by atoms with van der Waals surface area (Å²) >= 11 is 5.63. The lowest BCUT2D eigenvalue weighted by molar-refractivity contribution is -0.260. The highest BCUT2D eigenvalue weighted by molar-refractivity contribution is 8.09. The van der Waals surface area contributed by atoms with E-state index in [4.69, 9.17) is 36.1 Å². The number of nitrogens with one attached hydrogen (secondary N) is 1. The molecule has 0 bridgehead atoms. The lowest BCUT2D eigenvalue weighted by atomic mass is 10.1. The molecule has 41 heavy (non-hydrogen) atoms. The number of aliphatic hydroxyl groups excluding tert-OH is 1. The number of benzene rings is 2. The monoisotopic (exact) mass is 614 g/mol. The van der Waals surface area contributed by atoms with Crippen LogP contribution in [0.2, 0.25) is 0 Å². The average Bonchev–Trinajstić information content (AvgIpc) is 2.90. The van der Waals surface area contributed by atoms with Crippen LogP contribution in [0.3, 0.4) is 0 Å². The van der Waals surface area contributed by atoms with Crippen molar-refractivity contribution in [3.05, 3.63) is 65.2 Å². The molecule has 0 aliphatic carbocycles. The van der Waals surface area contributed by atoms with Crippen LogP contribution in [-0.2, 0) is 30.6 Å². The number of hydrogen-bond acceptors (Lipinski definition) is 10. The standard InChI is InChI=1S/C26H33F2N4O7PS/c1-16(2)37-24(34)17(3)31-40(41,39-21-10-9-19-7-5-6-8-20(19)13-21)36-15-26(28,18(4)33)38-23(14-27)32-12-11-22(29)30-25(32)35/h5-13,16-18,23,33H,14-15H2,1-4H3,(H,31,41)(H2,29,30,35)/t17-,18-,23+,26+,40?/m0/s1. The minimum Gasteiger partial charge on any atom is -0.462 e. The smallest absolute Gasteiger partial charge is 0.351 e. The first kappa shape index (κ1) is 32.5. The third-order valence-corrected chi connectivity index (χ3v) is 8.16. The van der Waals surface area contributed by atoms with Gasteiger partial charge in [-0.1, -0.05) is 30.3 Å². The molecular formula is C26H33F2N4O7PS. The number of esters is 1. The van der Waals surface area contributed by atoms with Gasteiger partial charge in [0.25, 0.3) is 5.85 Å². The van der Waals surface area contributed by atoms with Crippen LogP contribution >= 0.6 is 6.64 Å². The lowest BCUT2D eigenvalue weighted by Gasteiger charge is -2.34. The number of rotatable bonds is 14. The van der Waals surface area contributed by atoms with E-state index in [2.05, 4.69) is 10.1 Å². The summed E-state index contributed by atoms with van der Waals surface area (Å²) in [5.74, 6) is -3.62. The highest BCUT2D eigenvalue weighted by Crippen LogP contribution is 2.47. The molecule has 11 nitrogen and oxygen atoms in total. The number of nitrogens with zero attached hydrogens (tertiary/aromatic N) is 2. The van der Waals surface area contributed by atoms with Gasteiger partial charge in [0.15, 0.2) is 6.23 Å². The number of aliphatic hydroxyl groups is 1. The predicted molar refractivity (Wildman–Crippen MR) is 153 cm³/mol. The van der Waals surface area contributed by atoms with Crippen LogP contribution in [0.15, 0.2) is 59.5 Å². The van der Waals surface area contributed by atoms with E-state index >= 15 is 4.39 Å². The summed E-state index contributed by atoms with van der Waals surface area (Å²) in [6, 6.07) is 12.7. The van der Waals surface area contributed by atoms with Crippen molar-refractivity contribution in [2.45, 2.75) is 58.0 Å². The van der Waals surface area contributed by atoms with Crippen molar-refractivity contribution in [2.75, 3.05) is 19.0 Å². The van der Waals surface area contributed by atoms with E-state index in [0.717, 1.165) is 23.9 Å². The molecule has 0 fully saturated rings. The number of nitrogens with two attached hydrogens (primary N) is 1. The van der Waals surface area contributed by atoms with Gasteiger partial charge < -0.3 is 29.4 Å². The molecular weight excluding hydrogens is 581 g/mol. The maximum Gasteiger partial charge on any atom is 0.351 e. The summed E-state index contributed by atoms with van der Waals surface area (Å²) in [4.78, 5) is 28.2. The Kier molecular flexibility index (Phi) is 10.9. The van der Waals surface area contributed by atoms with Crippen molar-refractivity contribution in [2.24, 2.45) is 0 Å². The minimum absolute atomic E-state index is 0.128. The first-order valence-electron chi connectivity index (χ1n) is 12.6. The zero-order valence-electron chi connectivity index (χ0n) is 22.9. The molecule has 3 aromatic rings.